The van der Waals surface area contributed by atoms with Crippen molar-refractivity contribution in [3.05, 3.63) is 11.8 Å². The van der Waals surface area contributed by atoms with Crippen LogP contribution in [-0.2, 0) is 8.85 Å². The summed E-state index contributed by atoms with van der Waals surface area (Å²) in [4.78, 5) is 0. The summed E-state index contributed by atoms with van der Waals surface area (Å²) in [6, 6.07) is 0. The lowest BCUT2D eigenvalue weighted by Crippen LogP contribution is -2.15. The molecule has 0 bridgehead atoms. The van der Waals surface area contributed by atoms with Crippen LogP contribution in [0.2, 0.25) is 0 Å². The number of rotatable bonds is 4. The van der Waals surface area contributed by atoms with Crippen molar-refractivity contribution >= 4 is 9.28 Å². The molecule has 0 spiro atoms. The molecule has 54 valence electrons. The summed E-state index contributed by atoms with van der Waals surface area (Å²) in [5.41, 5.74) is 2.03. The van der Waals surface area contributed by atoms with Crippen molar-refractivity contribution in [3.63, 3.8) is 0 Å². The first-order chi connectivity index (χ1) is 4.35. The van der Waals surface area contributed by atoms with Gasteiger partial charge < -0.3 is 8.85 Å². The summed E-state index contributed by atoms with van der Waals surface area (Å²) in [6.07, 6.45) is 3.13. The lowest BCUT2D eigenvalue weighted by molar-refractivity contribution is 0.290. The zero-order chi connectivity index (χ0) is 7.11. The Balaban J connectivity index is 3.41. The molecule has 0 heterocycles. The van der Waals surface area contributed by atoms with E-state index < -0.39 is 9.28 Å². The molecule has 0 aromatic carbocycles. The molecule has 0 N–H and O–H groups in total. The molecule has 0 aliphatic rings. The zero-order valence-corrected chi connectivity index (χ0v) is 7.41. The molecule has 0 rings (SSSR count). The molecule has 0 fully saturated rings. The summed E-state index contributed by atoms with van der Waals surface area (Å²) in [5.74, 6) is 0. The highest BCUT2D eigenvalue weighted by Gasteiger charge is 2.00. The van der Waals surface area contributed by atoms with Crippen molar-refractivity contribution in [2.24, 2.45) is 0 Å². The lowest BCUT2D eigenvalue weighted by Gasteiger charge is -2.03. The molecule has 0 radical (unpaired) electrons. The van der Waals surface area contributed by atoms with Gasteiger partial charge in [0.15, 0.2) is 0 Å². The Labute approximate surface area is 58.3 Å². The molecule has 0 saturated carbocycles. The standard InChI is InChI=1S/C6H14O2Si/c1-4-5-6-9(7-2)8-3/h5-6,9H,4H2,1-3H3. The van der Waals surface area contributed by atoms with Crippen LogP contribution in [0.15, 0.2) is 11.8 Å². The van der Waals surface area contributed by atoms with E-state index in [1.165, 1.54) is 0 Å². The highest BCUT2D eigenvalue weighted by Crippen LogP contribution is 1.88. The quantitative estimate of drug-likeness (QED) is 0.551. The molecule has 3 heteroatoms. The normalized spacial score (nSPS) is 11.6. The van der Waals surface area contributed by atoms with E-state index in [1.54, 1.807) is 14.2 Å². The average molecular weight is 146 g/mol. The molecule has 0 unspecified atom stereocenters. The van der Waals surface area contributed by atoms with E-state index in [2.05, 4.69) is 13.0 Å². The van der Waals surface area contributed by atoms with E-state index >= 15 is 0 Å². The van der Waals surface area contributed by atoms with Gasteiger partial charge in [-0.05, 0) is 12.1 Å². The molecule has 0 aromatic rings. The van der Waals surface area contributed by atoms with E-state index in [-0.39, 0.29) is 0 Å². The molecular formula is C6H14O2Si. The first kappa shape index (κ1) is 8.88. The third-order valence-corrected chi connectivity index (χ3v) is 2.51. The molecule has 0 atom stereocenters. The fraction of sp³-hybridized carbons (Fsp3) is 0.667. The maximum Gasteiger partial charge on any atom is 0.347 e. The van der Waals surface area contributed by atoms with Gasteiger partial charge >= 0.3 is 9.28 Å². The number of allylic oxidation sites excluding steroid dienone is 1. The van der Waals surface area contributed by atoms with Gasteiger partial charge in [0, 0.05) is 14.2 Å². The first-order valence-corrected chi connectivity index (χ1v) is 4.68. The van der Waals surface area contributed by atoms with Crippen molar-refractivity contribution in [2.45, 2.75) is 13.3 Å². The van der Waals surface area contributed by atoms with Gasteiger partial charge in [0.05, 0.1) is 0 Å². The van der Waals surface area contributed by atoms with Crippen molar-refractivity contribution in [1.82, 2.24) is 0 Å². The van der Waals surface area contributed by atoms with Crippen LogP contribution in [-0.4, -0.2) is 23.5 Å². The second kappa shape index (κ2) is 6.00. The smallest absolute Gasteiger partial charge is 0.347 e. The highest BCUT2D eigenvalue weighted by atomic mass is 28.3. The van der Waals surface area contributed by atoms with Crippen molar-refractivity contribution < 1.29 is 8.85 Å². The van der Waals surface area contributed by atoms with Crippen molar-refractivity contribution in [3.8, 4) is 0 Å². The van der Waals surface area contributed by atoms with Gasteiger partial charge in [-0.3, -0.25) is 0 Å². The Morgan fingerprint density at radius 2 is 1.89 bits per heavy atom. The van der Waals surface area contributed by atoms with E-state index in [1.807, 2.05) is 5.70 Å². The minimum Gasteiger partial charge on any atom is -0.397 e. The van der Waals surface area contributed by atoms with Crippen LogP contribution in [0.3, 0.4) is 0 Å². The molecule has 0 saturated heterocycles. The minimum atomic E-state index is -1.39. The van der Waals surface area contributed by atoms with Crippen LogP contribution in [0.1, 0.15) is 13.3 Å². The molecule has 9 heavy (non-hydrogen) atoms. The van der Waals surface area contributed by atoms with Gasteiger partial charge in [0.1, 0.15) is 0 Å². The molecule has 0 aromatic heterocycles. The Hall–Kier alpha value is -0.123. The van der Waals surface area contributed by atoms with Crippen molar-refractivity contribution in [2.75, 3.05) is 14.2 Å². The monoisotopic (exact) mass is 146 g/mol. The zero-order valence-electron chi connectivity index (χ0n) is 6.26. The number of hydrogen-bond acceptors (Lipinski definition) is 2. The van der Waals surface area contributed by atoms with E-state index in [0.29, 0.717) is 0 Å². The summed E-state index contributed by atoms with van der Waals surface area (Å²) in [6.45, 7) is 2.09. The Morgan fingerprint density at radius 3 is 2.22 bits per heavy atom. The van der Waals surface area contributed by atoms with Crippen LogP contribution in [0, 0.1) is 0 Å². The summed E-state index contributed by atoms with van der Waals surface area (Å²) >= 11 is 0. The summed E-state index contributed by atoms with van der Waals surface area (Å²) < 4.78 is 10.1. The van der Waals surface area contributed by atoms with Gasteiger partial charge in [-0.15, -0.1) is 0 Å². The average Bonchev–Trinajstić information content (AvgIpc) is 1.91. The minimum absolute atomic E-state index is 1.05. The lowest BCUT2D eigenvalue weighted by atomic mass is 10.5. The van der Waals surface area contributed by atoms with Gasteiger partial charge in [0.25, 0.3) is 0 Å². The first-order valence-electron chi connectivity index (χ1n) is 3.07. The molecule has 0 amide bonds. The second-order valence-corrected chi connectivity index (χ2v) is 3.74. The third kappa shape index (κ3) is 4.38. The molecule has 2 nitrogen and oxygen atoms in total. The van der Waals surface area contributed by atoms with E-state index in [4.69, 9.17) is 8.85 Å². The predicted octanol–water partition coefficient (Wildman–Crippen LogP) is 1.01. The topological polar surface area (TPSA) is 18.5 Å². The van der Waals surface area contributed by atoms with Crippen LogP contribution in [0.5, 0.6) is 0 Å². The maximum absolute atomic E-state index is 5.03. The van der Waals surface area contributed by atoms with E-state index in [0.717, 1.165) is 6.42 Å². The number of hydrogen-bond donors (Lipinski definition) is 0. The second-order valence-electron chi connectivity index (χ2n) is 1.68. The van der Waals surface area contributed by atoms with Crippen LogP contribution in [0.4, 0.5) is 0 Å². The Kier molecular flexibility index (Phi) is 5.92. The molecular weight excluding hydrogens is 132 g/mol. The van der Waals surface area contributed by atoms with Gasteiger partial charge in [-0.25, -0.2) is 0 Å². The predicted molar refractivity (Wildman–Crippen MR) is 40.6 cm³/mol. The molecule has 0 aliphatic heterocycles. The third-order valence-electron chi connectivity index (χ3n) is 0.994. The van der Waals surface area contributed by atoms with Gasteiger partial charge in [-0.2, -0.15) is 0 Å². The van der Waals surface area contributed by atoms with Crippen LogP contribution in [0.25, 0.3) is 0 Å². The maximum atomic E-state index is 5.03. The molecule has 0 aliphatic carbocycles. The van der Waals surface area contributed by atoms with Crippen LogP contribution >= 0.6 is 0 Å². The largest absolute Gasteiger partial charge is 0.397 e. The Morgan fingerprint density at radius 1 is 1.33 bits per heavy atom. The van der Waals surface area contributed by atoms with Gasteiger partial charge in [0.2, 0.25) is 0 Å². The fourth-order valence-corrected chi connectivity index (χ4v) is 1.50. The van der Waals surface area contributed by atoms with Gasteiger partial charge in [-0.1, -0.05) is 13.0 Å². The summed E-state index contributed by atoms with van der Waals surface area (Å²) in [7, 11) is 1.97. The highest BCUT2D eigenvalue weighted by molar-refractivity contribution is 6.50. The summed E-state index contributed by atoms with van der Waals surface area (Å²) in [5, 5.41) is 0. The fourth-order valence-electron chi connectivity index (χ4n) is 0.501. The SMILES string of the molecule is CCC=C[SiH](OC)OC. The van der Waals surface area contributed by atoms with Crippen molar-refractivity contribution in [1.29, 1.82) is 0 Å². The van der Waals surface area contributed by atoms with E-state index in [9.17, 15) is 0 Å². The Bertz CT molecular complexity index is 79.1. The van der Waals surface area contributed by atoms with Crippen LogP contribution < -0.4 is 0 Å².